The molecule has 0 aromatic carbocycles. The number of hydrogen-bond donors (Lipinski definition) is 4. The van der Waals surface area contributed by atoms with Crippen molar-refractivity contribution in [2.24, 2.45) is 0 Å². The zero-order valence-electron chi connectivity index (χ0n) is 15.1. The second-order valence-electron chi connectivity index (χ2n) is 5.95. The van der Waals surface area contributed by atoms with E-state index in [1.807, 2.05) is 30.4 Å². The maximum atomic E-state index is 10.5. The average molecular weight is 352 g/mol. The molecule has 0 aliphatic rings. The van der Waals surface area contributed by atoms with Crippen LogP contribution in [0.3, 0.4) is 0 Å². The second kappa shape index (κ2) is 14.6. The van der Waals surface area contributed by atoms with Crippen LogP contribution in [0, 0.1) is 0 Å². The minimum absolute atomic E-state index is 0.0551. The first-order valence-corrected chi connectivity index (χ1v) is 8.94. The van der Waals surface area contributed by atoms with Gasteiger partial charge in [0, 0.05) is 0 Å². The van der Waals surface area contributed by atoms with Gasteiger partial charge in [0.05, 0.1) is 0 Å². The molecule has 0 aliphatic carbocycles. The van der Waals surface area contributed by atoms with Gasteiger partial charge in [-0.05, 0) is 25.7 Å². The number of unbranched alkanes of at least 4 members (excludes halogenated alkanes) is 5. The van der Waals surface area contributed by atoms with Crippen molar-refractivity contribution < 1.29 is 25.2 Å². The van der Waals surface area contributed by atoms with E-state index in [4.69, 9.17) is 15.3 Å². The predicted octanol–water partition coefficient (Wildman–Crippen LogP) is 3.48. The summed E-state index contributed by atoms with van der Waals surface area (Å²) in [6.45, 7) is 2.21. The summed E-state index contributed by atoms with van der Waals surface area (Å²) < 4.78 is 0. The van der Waals surface area contributed by atoms with Crippen LogP contribution in [0.25, 0.3) is 0 Å². The highest BCUT2D eigenvalue weighted by atomic mass is 16.6. The Bertz CT molecular complexity index is 461. The van der Waals surface area contributed by atoms with Gasteiger partial charge < -0.3 is 20.4 Å². The molecule has 0 amide bonds. The first-order valence-electron chi connectivity index (χ1n) is 8.94. The third kappa shape index (κ3) is 12.3. The Morgan fingerprint density at radius 2 is 1.40 bits per heavy atom. The third-order valence-electron chi connectivity index (χ3n) is 3.69. The van der Waals surface area contributed by atoms with E-state index in [0.29, 0.717) is 6.42 Å². The van der Waals surface area contributed by atoms with E-state index in [1.165, 1.54) is 32.1 Å². The predicted molar refractivity (Wildman–Crippen MR) is 100.0 cm³/mol. The van der Waals surface area contributed by atoms with Gasteiger partial charge in [0.2, 0.25) is 0 Å². The summed E-state index contributed by atoms with van der Waals surface area (Å²) in [4.78, 5) is 10.5. The zero-order chi connectivity index (χ0) is 19.0. The summed E-state index contributed by atoms with van der Waals surface area (Å²) >= 11 is 0. The van der Waals surface area contributed by atoms with E-state index >= 15 is 0 Å². The summed E-state index contributed by atoms with van der Waals surface area (Å²) in [5, 5.41) is 36.2. The van der Waals surface area contributed by atoms with Gasteiger partial charge in [0.15, 0.2) is 0 Å². The molecule has 0 spiro atoms. The van der Waals surface area contributed by atoms with Crippen LogP contribution in [0.15, 0.2) is 48.6 Å². The highest BCUT2D eigenvalue weighted by molar-refractivity contribution is 5.75. The topological polar surface area (TPSA) is 98.0 Å². The highest BCUT2D eigenvalue weighted by Crippen LogP contribution is 2.12. The van der Waals surface area contributed by atoms with Crippen molar-refractivity contribution in [2.75, 3.05) is 0 Å². The van der Waals surface area contributed by atoms with Crippen molar-refractivity contribution in [3.8, 4) is 0 Å². The van der Waals surface area contributed by atoms with E-state index in [0.717, 1.165) is 6.42 Å². The van der Waals surface area contributed by atoms with Crippen LogP contribution in [0.4, 0.5) is 0 Å². The van der Waals surface area contributed by atoms with E-state index in [2.05, 4.69) is 13.0 Å². The standard InChI is InChI=1S/C20H32O5/c1-2-3-4-5-6-7-8-9-10-11-12-13-14-15-16-17-18(21)20(24,25)19(22)23/h8-15,18,21,24-25H,2-7,16-17H2,1H3,(H,22,23)/b9-8+,11-10+,13-12-,15-14+. The molecule has 25 heavy (non-hydrogen) atoms. The Labute approximate surface area is 150 Å². The summed E-state index contributed by atoms with van der Waals surface area (Å²) in [6, 6.07) is 0. The summed E-state index contributed by atoms with van der Waals surface area (Å²) in [5.41, 5.74) is 0. The summed E-state index contributed by atoms with van der Waals surface area (Å²) in [6.07, 6.45) is 21.3. The van der Waals surface area contributed by atoms with Crippen LogP contribution in [0.2, 0.25) is 0 Å². The molecule has 1 unspecified atom stereocenters. The maximum Gasteiger partial charge on any atom is 0.366 e. The summed E-state index contributed by atoms with van der Waals surface area (Å²) in [5.74, 6) is -4.96. The van der Waals surface area contributed by atoms with Crippen LogP contribution in [-0.2, 0) is 4.79 Å². The highest BCUT2D eigenvalue weighted by Gasteiger charge is 2.40. The van der Waals surface area contributed by atoms with Crippen molar-refractivity contribution in [3.63, 3.8) is 0 Å². The lowest BCUT2D eigenvalue weighted by Crippen LogP contribution is -2.49. The Kier molecular flexibility index (Phi) is 13.6. The van der Waals surface area contributed by atoms with Crippen LogP contribution in [0.5, 0.6) is 0 Å². The van der Waals surface area contributed by atoms with Crippen molar-refractivity contribution in [2.45, 2.75) is 70.2 Å². The number of rotatable bonds is 14. The Hall–Kier alpha value is -1.69. The average Bonchev–Trinajstić information content (AvgIpc) is 2.57. The molecule has 5 nitrogen and oxygen atoms in total. The quantitative estimate of drug-likeness (QED) is 0.218. The van der Waals surface area contributed by atoms with Gasteiger partial charge >= 0.3 is 5.97 Å². The number of carbonyl (C=O) groups is 1. The van der Waals surface area contributed by atoms with Crippen molar-refractivity contribution in [1.29, 1.82) is 0 Å². The molecule has 0 aliphatic heterocycles. The molecule has 0 rings (SSSR count). The number of allylic oxidation sites excluding steroid dienone is 8. The minimum atomic E-state index is -3.10. The van der Waals surface area contributed by atoms with Gasteiger partial charge in [0.25, 0.3) is 5.79 Å². The number of aliphatic carboxylic acids is 1. The van der Waals surface area contributed by atoms with Crippen LogP contribution >= 0.6 is 0 Å². The number of hydrogen-bond acceptors (Lipinski definition) is 4. The molecule has 0 bridgehead atoms. The lowest BCUT2D eigenvalue weighted by molar-refractivity contribution is -0.236. The van der Waals surface area contributed by atoms with E-state index in [9.17, 15) is 9.90 Å². The number of carboxylic acid groups (broad SMARTS) is 1. The molecule has 0 aromatic rings. The molecule has 0 aromatic heterocycles. The normalized spacial score (nSPS) is 14.4. The van der Waals surface area contributed by atoms with Gasteiger partial charge in [-0.3, -0.25) is 0 Å². The van der Waals surface area contributed by atoms with Gasteiger partial charge in [-0.1, -0.05) is 81.2 Å². The van der Waals surface area contributed by atoms with Gasteiger partial charge in [0.1, 0.15) is 6.10 Å². The molecule has 142 valence electrons. The largest absolute Gasteiger partial charge is 0.477 e. The van der Waals surface area contributed by atoms with E-state index in [1.54, 1.807) is 12.2 Å². The van der Waals surface area contributed by atoms with Gasteiger partial charge in [-0.2, -0.15) is 0 Å². The first kappa shape index (κ1) is 23.3. The lowest BCUT2D eigenvalue weighted by Gasteiger charge is -2.22. The Morgan fingerprint density at radius 1 is 0.880 bits per heavy atom. The zero-order valence-corrected chi connectivity index (χ0v) is 15.1. The molecule has 5 heteroatoms. The van der Waals surface area contributed by atoms with E-state index < -0.39 is 17.9 Å². The van der Waals surface area contributed by atoms with Gasteiger partial charge in [-0.15, -0.1) is 0 Å². The molecule has 0 saturated carbocycles. The summed E-state index contributed by atoms with van der Waals surface area (Å²) in [7, 11) is 0. The molecular formula is C20H32O5. The molecule has 4 N–H and O–H groups in total. The fraction of sp³-hybridized carbons (Fsp3) is 0.550. The third-order valence-corrected chi connectivity index (χ3v) is 3.69. The minimum Gasteiger partial charge on any atom is -0.477 e. The number of aliphatic hydroxyl groups is 3. The van der Waals surface area contributed by atoms with Gasteiger partial charge in [-0.25, -0.2) is 4.79 Å². The van der Waals surface area contributed by atoms with Crippen LogP contribution in [-0.4, -0.2) is 38.3 Å². The van der Waals surface area contributed by atoms with Crippen molar-refractivity contribution in [1.82, 2.24) is 0 Å². The SMILES string of the molecule is CCCCCCC/C=C/C=C/C=C\C=C\CCC(O)C(O)(O)C(=O)O. The molecule has 1 atom stereocenters. The Morgan fingerprint density at radius 3 is 1.96 bits per heavy atom. The van der Waals surface area contributed by atoms with E-state index in [-0.39, 0.29) is 6.42 Å². The lowest BCUT2D eigenvalue weighted by atomic mass is 10.1. The Balaban J connectivity index is 3.80. The molecular weight excluding hydrogens is 320 g/mol. The monoisotopic (exact) mass is 352 g/mol. The molecule has 0 radical (unpaired) electrons. The molecule has 0 fully saturated rings. The van der Waals surface area contributed by atoms with Crippen molar-refractivity contribution in [3.05, 3.63) is 48.6 Å². The molecule has 0 saturated heterocycles. The fourth-order valence-corrected chi connectivity index (χ4v) is 2.07. The molecule has 0 heterocycles. The number of carboxylic acids is 1. The second-order valence-corrected chi connectivity index (χ2v) is 5.95. The smallest absolute Gasteiger partial charge is 0.366 e. The first-order chi connectivity index (χ1) is 11.9. The van der Waals surface area contributed by atoms with Crippen LogP contribution < -0.4 is 0 Å². The maximum absolute atomic E-state index is 10.5. The number of aliphatic hydroxyl groups excluding tert-OH is 1. The fourth-order valence-electron chi connectivity index (χ4n) is 2.07. The van der Waals surface area contributed by atoms with Crippen molar-refractivity contribution >= 4 is 5.97 Å². The van der Waals surface area contributed by atoms with Crippen LogP contribution in [0.1, 0.15) is 58.3 Å².